The van der Waals surface area contributed by atoms with Crippen molar-refractivity contribution in [2.75, 3.05) is 11.1 Å². The van der Waals surface area contributed by atoms with Gasteiger partial charge in [-0.15, -0.1) is 0 Å². The summed E-state index contributed by atoms with van der Waals surface area (Å²) in [7, 11) is -6.24. The Morgan fingerprint density at radius 1 is 0.947 bits per heavy atom. The lowest BCUT2D eigenvalue weighted by Gasteiger charge is -2.27. The summed E-state index contributed by atoms with van der Waals surface area (Å²) in [6, 6.07) is 4.60. The van der Waals surface area contributed by atoms with Crippen LogP contribution in [-0.4, -0.2) is 47.9 Å². The van der Waals surface area contributed by atoms with Crippen LogP contribution in [0.15, 0.2) is 57.2 Å². The first-order valence-electron chi connectivity index (χ1n) is 9.24. The van der Waals surface area contributed by atoms with Gasteiger partial charge in [0.15, 0.2) is 10.8 Å². The van der Waals surface area contributed by atoms with E-state index in [-0.39, 0.29) is 6.07 Å². The van der Waals surface area contributed by atoms with Crippen molar-refractivity contribution in [3.8, 4) is 0 Å². The molecular weight excluding hydrogens is 610 g/mol. The molecule has 0 aliphatic rings. The normalized spacial score (nSPS) is 14.6. The molecule has 38 heavy (non-hydrogen) atoms. The highest BCUT2D eigenvalue weighted by Gasteiger charge is 2.73. The Bertz CT molecular complexity index is 1280. The summed E-state index contributed by atoms with van der Waals surface area (Å²) in [6.45, 7) is 0. The molecule has 0 aliphatic heterocycles. The highest BCUT2D eigenvalue weighted by atomic mass is 32.2. The predicted octanol–water partition coefficient (Wildman–Crippen LogP) is 5.85. The van der Waals surface area contributed by atoms with Crippen LogP contribution in [0.3, 0.4) is 0 Å². The minimum Gasteiger partial charge on any atom is -0.325 e. The Morgan fingerprint density at radius 2 is 1.55 bits per heavy atom. The van der Waals surface area contributed by atoms with Crippen molar-refractivity contribution in [2.24, 2.45) is 0 Å². The van der Waals surface area contributed by atoms with Gasteiger partial charge in [0.05, 0.1) is 20.6 Å². The van der Waals surface area contributed by atoms with E-state index >= 15 is 0 Å². The molecule has 0 fully saturated rings. The first-order chi connectivity index (χ1) is 17.2. The average molecular weight is 620 g/mol. The Balaban J connectivity index is 2.20. The van der Waals surface area contributed by atoms with Gasteiger partial charge in [0, 0.05) is 16.6 Å². The van der Waals surface area contributed by atoms with Gasteiger partial charge in [0.25, 0.3) is 5.69 Å². The SMILES string of the molecule is O=C(CS(=O)c1ccc(S(=O)C(F)(F)F)cc1[N+](=O)[O-])Nc1cccc(SC(F)(F)C(F)(F)C(F)(F)F)c1. The van der Waals surface area contributed by atoms with Crippen LogP contribution in [0.5, 0.6) is 0 Å². The fraction of sp³-hybridized carbons (Fsp3) is 0.278. The Hall–Kier alpha value is -2.74. The zero-order chi connectivity index (χ0) is 29.3. The number of anilines is 1. The van der Waals surface area contributed by atoms with Crippen molar-refractivity contribution < 1.29 is 62.0 Å². The molecule has 0 heterocycles. The number of hydrogen-bond donors (Lipinski definition) is 1. The van der Waals surface area contributed by atoms with Crippen LogP contribution < -0.4 is 5.32 Å². The van der Waals surface area contributed by atoms with E-state index in [0.29, 0.717) is 18.2 Å². The maximum Gasteiger partial charge on any atom is 0.475 e. The highest BCUT2D eigenvalue weighted by Crippen LogP contribution is 2.54. The van der Waals surface area contributed by atoms with Crippen LogP contribution in [0.2, 0.25) is 0 Å². The number of nitrogens with zero attached hydrogens (tertiary/aromatic N) is 1. The van der Waals surface area contributed by atoms with Gasteiger partial charge >= 0.3 is 22.9 Å². The van der Waals surface area contributed by atoms with E-state index in [4.69, 9.17) is 0 Å². The molecule has 2 atom stereocenters. The zero-order valence-electron chi connectivity index (χ0n) is 17.7. The molecule has 7 nitrogen and oxygen atoms in total. The Morgan fingerprint density at radius 3 is 2.08 bits per heavy atom. The third kappa shape index (κ3) is 7.22. The number of carbonyl (C=O) groups excluding carboxylic acids is 1. The molecule has 0 aromatic heterocycles. The van der Waals surface area contributed by atoms with Crippen molar-refractivity contribution in [1.29, 1.82) is 0 Å². The molecule has 2 unspecified atom stereocenters. The molecular formula is C18H10F10N2O5S3. The Labute approximate surface area is 214 Å². The fourth-order valence-electron chi connectivity index (χ4n) is 2.49. The van der Waals surface area contributed by atoms with E-state index in [9.17, 15) is 67.2 Å². The fourth-order valence-corrected chi connectivity index (χ4v) is 5.09. The van der Waals surface area contributed by atoms with Crippen molar-refractivity contribution in [3.63, 3.8) is 0 Å². The molecule has 1 N–H and O–H groups in total. The smallest absolute Gasteiger partial charge is 0.325 e. The van der Waals surface area contributed by atoms with E-state index in [0.717, 1.165) is 18.2 Å². The van der Waals surface area contributed by atoms with Gasteiger partial charge in [-0.2, -0.15) is 43.9 Å². The predicted molar refractivity (Wildman–Crippen MR) is 114 cm³/mol. The topological polar surface area (TPSA) is 106 Å². The second-order valence-electron chi connectivity index (χ2n) is 6.86. The van der Waals surface area contributed by atoms with Crippen LogP contribution in [0.1, 0.15) is 0 Å². The summed E-state index contributed by atoms with van der Waals surface area (Å²) < 4.78 is 152. The van der Waals surface area contributed by atoms with E-state index in [2.05, 4.69) is 0 Å². The van der Waals surface area contributed by atoms with Gasteiger partial charge < -0.3 is 5.32 Å². The number of nitro benzene ring substituents is 1. The zero-order valence-corrected chi connectivity index (χ0v) is 20.2. The molecule has 210 valence electrons. The quantitative estimate of drug-likeness (QED) is 0.163. The van der Waals surface area contributed by atoms with Crippen molar-refractivity contribution in [2.45, 2.75) is 37.5 Å². The molecule has 2 aromatic rings. The summed E-state index contributed by atoms with van der Waals surface area (Å²) in [5.74, 6) is -8.70. The van der Waals surface area contributed by atoms with E-state index < -0.39 is 98.9 Å². The number of nitrogens with one attached hydrogen (secondary N) is 1. The highest BCUT2D eigenvalue weighted by molar-refractivity contribution is 8.00. The molecule has 2 aromatic carbocycles. The summed E-state index contributed by atoms with van der Waals surface area (Å²) in [6.07, 6.45) is -6.57. The lowest BCUT2D eigenvalue weighted by molar-refractivity contribution is -0.388. The summed E-state index contributed by atoms with van der Waals surface area (Å²) in [5.41, 5.74) is -6.83. The van der Waals surface area contributed by atoms with Gasteiger partial charge in [-0.25, -0.2) is 4.21 Å². The monoisotopic (exact) mass is 620 g/mol. The standard InChI is InChI=1S/C18H10F10N2O5S3/c19-15(20,16(21,22)23)17(24,25)36-10-3-1-2-9(6-10)29-14(31)8-37(34)13-5-4-11(7-12(13)30(32)33)38(35)18(26,27)28/h1-7H,8H2,(H,29,31). The molecule has 20 heteroatoms. The number of alkyl halides is 10. The summed E-state index contributed by atoms with van der Waals surface area (Å²) >= 11 is -1.15. The van der Waals surface area contributed by atoms with E-state index in [1.165, 1.54) is 0 Å². The lowest BCUT2D eigenvalue weighted by Crippen LogP contribution is -2.49. The maximum absolute atomic E-state index is 13.6. The lowest BCUT2D eigenvalue weighted by atomic mass is 10.3. The van der Waals surface area contributed by atoms with E-state index in [1.54, 1.807) is 0 Å². The van der Waals surface area contributed by atoms with Crippen LogP contribution >= 0.6 is 11.8 Å². The van der Waals surface area contributed by atoms with Gasteiger partial charge in [-0.05, 0) is 42.1 Å². The molecule has 0 saturated heterocycles. The molecule has 0 bridgehead atoms. The van der Waals surface area contributed by atoms with Crippen LogP contribution in [0.25, 0.3) is 0 Å². The molecule has 0 radical (unpaired) electrons. The van der Waals surface area contributed by atoms with E-state index in [1.807, 2.05) is 5.32 Å². The van der Waals surface area contributed by atoms with Gasteiger partial charge in [-0.1, -0.05) is 6.07 Å². The van der Waals surface area contributed by atoms with Gasteiger partial charge in [0.1, 0.15) is 10.6 Å². The Kier molecular flexibility index (Phi) is 9.25. The van der Waals surface area contributed by atoms with Gasteiger partial charge in [-0.3, -0.25) is 19.1 Å². The first kappa shape index (κ1) is 31.5. The number of thioether (sulfide) groups is 1. The number of benzene rings is 2. The van der Waals surface area contributed by atoms with Crippen molar-refractivity contribution in [3.05, 3.63) is 52.6 Å². The number of nitro groups is 1. The number of amides is 1. The second kappa shape index (κ2) is 11.2. The maximum atomic E-state index is 13.6. The number of hydrogen-bond acceptors (Lipinski definition) is 6. The largest absolute Gasteiger partial charge is 0.475 e. The summed E-state index contributed by atoms with van der Waals surface area (Å²) in [4.78, 5) is 19.6. The third-order valence-electron chi connectivity index (χ3n) is 4.14. The van der Waals surface area contributed by atoms with Crippen LogP contribution in [0, 0.1) is 10.1 Å². The summed E-state index contributed by atoms with van der Waals surface area (Å²) in [5, 5.41) is 7.54. The van der Waals surface area contributed by atoms with Gasteiger partial charge in [0.2, 0.25) is 5.91 Å². The average Bonchev–Trinajstić information content (AvgIpc) is 2.76. The molecule has 2 rings (SSSR count). The minimum atomic E-state index is -6.57. The number of carbonyl (C=O) groups is 1. The first-order valence-corrected chi connectivity index (χ1v) is 12.5. The number of halogens is 10. The molecule has 1 amide bonds. The number of rotatable bonds is 9. The molecule has 0 spiro atoms. The van der Waals surface area contributed by atoms with Crippen LogP contribution in [0.4, 0.5) is 55.3 Å². The van der Waals surface area contributed by atoms with Crippen LogP contribution in [-0.2, 0) is 26.4 Å². The molecule has 0 aliphatic carbocycles. The van der Waals surface area contributed by atoms with Crippen molar-refractivity contribution in [1.82, 2.24) is 0 Å². The van der Waals surface area contributed by atoms with Crippen molar-refractivity contribution >= 4 is 50.6 Å². The third-order valence-corrected chi connectivity index (χ3v) is 7.61. The second-order valence-corrected chi connectivity index (χ2v) is 10.9. The molecule has 0 saturated carbocycles. The minimum absolute atomic E-state index is 0.256.